The molecule has 7 nitrogen and oxygen atoms in total. The zero-order chi connectivity index (χ0) is 23.8. The van der Waals surface area contributed by atoms with Crippen LogP contribution >= 0.6 is 11.6 Å². The summed E-state index contributed by atoms with van der Waals surface area (Å²) in [6.07, 6.45) is 1.15. The van der Waals surface area contributed by atoms with Crippen molar-refractivity contribution in [3.8, 4) is 0 Å². The minimum atomic E-state index is -4.47. The van der Waals surface area contributed by atoms with Gasteiger partial charge in [0.15, 0.2) is 5.03 Å². The Kier molecular flexibility index (Phi) is 7.07. The molecule has 1 aromatic carbocycles. The van der Waals surface area contributed by atoms with E-state index in [-0.39, 0.29) is 47.7 Å². The number of hydrogen-bond donors (Lipinski definition) is 1. The molecular formula is C21H26ClF3N4O3S. The zero-order valence-corrected chi connectivity index (χ0v) is 19.6. The van der Waals surface area contributed by atoms with Gasteiger partial charge in [0, 0.05) is 56.5 Å². The topological polar surface area (TPSA) is 76.5 Å². The Labute approximate surface area is 195 Å². The molecule has 33 heavy (non-hydrogen) atoms. The molecule has 1 N–H and O–H groups in total. The molecule has 1 aromatic heterocycles. The first-order valence-corrected chi connectivity index (χ1v) is 12.6. The number of nitrogens with one attached hydrogen (secondary N) is 1. The SMILES string of the molecule is Cn1cnc(S(=O)(=O)N2C[C@H](NCc3ccc(C(F)(F)F)cc3Cl)[C@@H](C3CCCCO3)C2)c1. The molecule has 2 aliphatic heterocycles. The highest BCUT2D eigenvalue weighted by atomic mass is 35.5. The van der Waals surface area contributed by atoms with Crippen molar-refractivity contribution < 1.29 is 26.3 Å². The van der Waals surface area contributed by atoms with Crippen LogP contribution in [0.1, 0.15) is 30.4 Å². The van der Waals surface area contributed by atoms with E-state index < -0.39 is 21.8 Å². The molecule has 3 heterocycles. The first-order valence-electron chi connectivity index (χ1n) is 10.7. The predicted molar refractivity (Wildman–Crippen MR) is 116 cm³/mol. The Morgan fingerprint density at radius 2 is 2.06 bits per heavy atom. The van der Waals surface area contributed by atoms with E-state index >= 15 is 0 Å². The van der Waals surface area contributed by atoms with Crippen LogP contribution in [0.5, 0.6) is 0 Å². The molecule has 0 aliphatic carbocycles. The lowest BCUT2D eigenvalue weighted by atomic mass is 9.91. The summed E-state index contributed by atoms with van der Waals surface area (Å²) in [5.41, 5.74) is -0.294. The van der Waals surface area contributed by atoms with Gasteiger partial charge >= 0.3 is 6.18 Å². The molecule has 4 rings (SSSR count). The molecule has 2 aliphatic rings. The maximum absolute atomic E-state index is 13.1. The number of sulfonamides is 1. The standard InChI is InChI=1S/C21H26ClF3N4O3S/c1-28-12-20(27-13-28)33(30,31)29-10-16(19-4-2-3-7-32-19)18(11-29)26-9-14-5-6-15(8-17(14)22)21(23,24)25/h5-6,8,12-13,16,18-19,26H,2-4,7,9-11H2,1H3/t16-,18-,19?/m0/s1. The van der Waals surface area contributed by atoms with E-state index in [2.05, 4.69) is 10.3 Å². The number of nitrogens with zero attached hydrogens (tertiary/aromatic N) is 3. The average Bonchev–Trinajstić information content (AvgIpc) is 3.40. The summed E-state index contributed by atoms with van der Waals surface area (Å²) in [7, 11) is -2.08. The molecular weight excluding hydrogens is 481 g/mol. The normalized spacial score (nSPS) is 24.9. The van der Waals surface area contributed by atoms with Crippen molar-refractivity contribution in [2.45, 2.75) is 49.2 Å². The number of alkyl halides is 3. The third kappa shape index (κ3) is 5.37. The second-order valence-corrected chi connectivity index (χ2v) is 10.9. The number of halogens is 4. The van der Waals surface area contributed by atoms with E-state index in [1.54, 1.807) is 11.6 Å². The highest BCUT2D eigenvalue weighted by Crippen LogP contribution is 2.34. The first kappa shape index (κ1) is 24.5. The van der Waals surface area contributed by atoms with Gasteiger partial charge in [-0.15, -0.1) is 0 Å². The smallest absolute Gasteiger partial charge is 0.378 e. The molecule has 1 unspecified atom stereocenters. The summed E-state index contributed by atoms with van der Waals surface area (Å²) in [5.74, 6) is -0.1000. The first-order chi connectivity index (χ1) is 15.6. The molecule has 182 valence electrons. The summed E-state index contributed by atoms with van der Waals surface area (Å²) >= 11 is 6.11. The highest BCUT2D eigenvalue weighted by Gasteiger charge is 2.44. The van der Waals surface area contributed by atoms with Crippen LogP contribution in [0, 0.1) is 5.92 Å². The lowest BCUT2D eigenvalue weighted by molar-refractivity contribution is -0.137. The van der Waals surface area contributed by atoms with E-state index in [4.69, 9.17) is 16.3 Å². The van der Waals surface area contributed by atoms with Crippen molar-refractivity contribution in [3.05, 3.63) is 46.9 Å². The fraction of sp³-hybridized carbons (Fsp3) is 0.571. The number of imidazole rings is 1. The molecule has 0 saturated carbocycles. The predicted octanol–water partition coefficient (Wildman–Crippen LogP) is 3.44. The summed E-state index contributed by atoms with van der Waals surface area (Å²) in [6, 6.07) is 3.01. The van der Waals surface area contributed by atoms with Crippen LogP contribution in [-0.2, 0) is 34.5 Å². The van der Waals surface area contributed by atoms with Crippen LogP contribution in [0.3, 0.4) is 0 Å². The van der Waals surface area contributed by atoms with Crippen LogP contribution in [0.2, 0.25) is 5.02 Å². The highest BCUT2D eigenvalue weighted by molar-refractivity contribution is 7.89. The fourth-order valence-corrected chi connectivity index (χ4v) is 6.16. The van der Waals surface area contributed by atoms with E-state index in [1.807, 2.05) is 0 Å². The maximum Gasteiger partial charge on any atom is 0.416 e. The number of aromatic nitrogens is 2. The molecule has 0 bridgehead atoms. The van der Waals surface area contributed by atoms with E-state index in [0.717, 1.165) is 31.4 Å². The monoisotopic (exact) mass is 506 g/mol. The number of aryl methyl sites for hydroxylation is 1. The van der Waals surface area contributed by atoms with Gasteiger partial charge in [0.25, 0.3) is 10.0 Å². The number of rotatable bonds is 6. The summed E-state index contributed by atoms with van der Waals surface area (Å²) in [4.78, 5) is 4.00. The van der Waals surface area contributed by atoms with Gasteiger partial charge in [-0.2, -0.15) is 17.5 Å². The van der Waals surface area contributed by atoms with Crippen molar-refractivity contribution >= 4 is 21.6 Å². The van der Waals surface area contributed by atoms with Gasteiger partial charge in [0.05, 0.1) is 18.0 Å². The van der Waals surface area contributed by atoms with Gasteiger partial charge in [-0.25, -0.2) is 13.4 Å². The van der Waals surface area contributed by atoms with E-state index in [0.29, 0.717) is 12.2 Å². The molecule has 2 aromatic rings. The summed E-state index contributed by atoms with van der Waals surface area (Å²) in [6.45, 7) is 1.33. The van der Waals surface area contributed by atoms with Crippen LogP contribution < -0.4 is 5.32 Å². The van der Waals surface area contributed by atoms with Crippen LogP contribution in [0.15, 0.2) is 35.7 Å². The van der Waals surface area contributed by atoms with Crippen molar-refractivity contribution in [1.82, 2.24) is 19.2 Å². The Morgan fingerprint density at radius 3 is 2.67 bits per heavy atom. The van der Waals surface area contributed by atoms with Gasteiger partial charge in [-0.05, 0) is 37.0 Å². The minimum Gasteiger partial charge on any atom is -0.378 e. The lowest BCUT2D eigenvalue weighted by Gasteiger charge is -2.31. The molecule has 0 radical (unpaired) electrons. The minimum absolute atomic E-state index is 0.0127. The summed E-state index contributed by atoms with van der Waals surface area (Å²) < 4.78 is 74.0. The van der Waals surface area contributed by atoms with Crippen molar-refractivity contribution in [3.63, 3.8) is 0 Å². The third-order valence-electron chi connectivity index (χ3n) is 6.24. The molecule has 3 atom stereocenters. The largest absolute Gasteiger partial charge is 0.416 e. The van der Waals surface area contributed by atoms with Crippen molar-refractivity contribution in [2.24, 2.45) is 13.0 Å². The van der Waals surface area contributed by atoms with Gasteiger partial charge in [0.1, 0.15) is 0 Å². The Balaban J connectivity index is 1.52. The van der Waals surface area contributed by atoms with Crippen molar-refractivity contribution in [1.29, 1.82) is 0 Å². The Morgan fingerprint density at radius 1 is 1.27 bits per heavy atom. The van der Waals surface area contributed by atoms with Crippen LogP contribution in [-0.4, -0.2) is 54.1 Å². The lowest BCUT2D eigenvalue weighted by Crippen LogP contribution is -2.42. The molecule has 2 fully saturated rings. The van der Waals surface area contributed by atoms with E-state index in [1.165, 1.54) is 22.9 Å². The molecule has 0 spiro atoms. The third-order valence-corrected chi connectivity index (χ3v) is 8.31. The average molecular weight is 507 g/mol. The summed E-state index contributed by atoms with van der Waals surface area (Å²) in [5, 5.41) is 3.32. The van der Waals surface area contributed by atoms with Gasteiger partial charge < -0.3 is 14.6 Å². The second-order valence-electron chi connectivity index (χ2n) is 8.56. The van der Waals surface area contributed by atoms with Gasteiger partial charge in [0.2, 0.25) is 0 Å². The van der Waals surface area contributed by atoms with Gasteiger partial charge in [-0.3, -0.25) is 0 Å². The number of ether oxygens (including phenoxy) is 1. The maximum atomic E-state index is 13.1. The fourth-order valence-electron chi connectivity index (χ4n) is 4.45. The quantitative estimate of drug-likeness (QED) is 0.649. The van der Waals surface area contributed by atoms with E-state index in [9.17, 15) is 21.6 Å². The van der Waals surface area contributed by atoms with Gasteiger partial charge in [-0.1, -0.05) is 17.7 Å². The molecule has 0 amide bonds. The Bertz CT molecular complexity index is 1090. The van der Waals surface area contributed by atoms with Crippen LogP contribution in [0.4, 0.5) is 13.2 Å². The second kappa shape index (κ2) is 9.53. The number of hydrogen-bond acceptors (Lipinski definition) is 5. The van der Waals surface area contributed by atoms with Crippen LogP contribution in [0.25, 0.3) is 0 Å². The number of benzene rings is 1. The van der Waals surface area contributed by atoms with Crippen molar-refractivity contribution in [2.75, 3.05) is 19.7 Å². The molecule has 2 saturated heterocycles. The zero-order valence-electron chi connectivity index (χ0n) is 18.1. The Hall–Kier alpha value is -1.66. The molecule has 12 heteroatoms.